The second kappa shape index (κ2) is 4.94. The molecule has 1 aliphatic heterocycles. The van der Waals surface area contributed by atoms with Crippen molar-refractivity contribution in [2.24, 2.45) is 0 Å². The van der Waals surface area contributed by atoms with Gasteiger partial charge in [-0.1, -0.05) is 23.7 Å². The zero-order chi connectivity index (χ0) is 13.2. The maximum Gasteiger partial charge on any atom is 0.193 e. The molecule has 2 aromatic rings. The number of rotatable bonds is 2. The van der Waals surface area contributed by atoms with E-state index in [2.05, 4.69) is 0 Å². The van der Waals surface area contributed by atoms with Gasteiger partial charge in [0.15, 0.2) is 17.3 Å². The third-order valence-corrected chi connectivity index (χ3v) is 3.13. The van der Waals surface area contributed by atoms with Gasteiger partial charge in [0.2, 0.25) is 0 Å². The van der Waals surface area contributed by atoms with Crippen molar-refractivity contribution in [2.75, 3.05) is 13.2 Å². The zero-order valence-corrected chi connectivity index (χ0v) is 10.8. The molecule has 0 bridgehead atoms. The van der Waals surface area contributed by atoms with Gasteiger partial charge >= 0.3 is 0 Å². The predicted molar refractivity (Wildman–Crippen MR) is 72.3 cm³/mol. The average Bonchev–Trinajstić information content (AvgIpc) is 2.46. The first-order valence-electron chi connectivity index (χ1n) is 5.94. The monoisotopic (exact) mass is 274 g/mol. The Kier molecular flexibility index (Phi) is 3.13. The Morgan fingerprint density at radius 1 is 0.947 bits per heavy atom. The smallest absolute Gasteiger partial charge is 0.193 e. The molecule has 3 rings (SSSR count). The Morgan fingerprint density at radius 2 is 1.68 bits per heavy atom. The van der Waals surface area contributed by atoms with E-state index in [4.69, 9.17) is 21.1 Å². The first-order valence-corrected chi connectivity index (χ1v) is 6.32. The van der Waals surface area contributed by atoms with Crippen LogP contribution in [0.4, 0.5) is 0 Å². The quantitative estimate of drug-likeness (QED) is 0.788. The van der Waals surface area contributed by atoms with Gasteiger partial charge in [0.25, 0.3) is 0 Å². The van der Waals surface area contributed by atoms with Gasteiger partial charge in [-0.3, -0.25) is 4.79 Å². The molecule has 0 spiro atoms. The Hall–Kier alpha value is -2.00. The van der Waals surface area contributed by atoms with Crippen molar-refractivity contribution in [3.05, 3.63) is 58.6 Å². The van der Waals surface area contributed by atoms with Crippen molar-refractivity contribution in [1.82, 2.24) is 0 Å². The van der Waals surface area contributed by atoms with Crippen molar-refractivity contribution in [3.8, 4) is 11.5 Å². The number of benzene rings is 2. The fourth-order valence-corrected chi connectivity index (χ4v) is 2.17. The summed E-state index contributed by atoms with van der Waals surface area (Å²) in [5.41, 5.74) is 1.12. The molecule has 4 heteroatoms. The van der Waals surface area contributed by atoms with Gasteiger partial charge in [-0.15, -0.1) is 0 Å². The lowest BCUT2D eigenvalue weighted by atomic mass is 10.0. The number of ketones is 1. The van der Waals surface area contributed by atoms with Crippen LogP contribution in [0.3, 0.4) is 0 Å². The molecule has 0 N–H and O–H groups in total. The van der Waals surface area contributed by atoms with Crippen molar-refractivity contribution < 1.29 is 14.3 Å². The van der Waals surface area contributed by atoms with Crippen LogP contribution in [-0.4, -0.2) is 19.0 Å². The van der Waals surface area contributed by atoms with Crippen LogP contribution in [0.15, 0.2) is 42.5 Å². The summed E-state index contributed by atoms with van der Waals surface area (Å²) in [6, 6.07) is 12.1. The highest BCUT2D eigenvalue weighted by Gasteiger charge is 2.16. The third kappa shape index (κ3) is 2.42. The molecule has 3 nitrogen and oxygen atoms in total. The highest BCUT2D eigenvalue weighted by atomic mass is 35.5. The molecule has 0 radical (unpaired) electrons. The van der Waals surface area contributed by atoms with E-state index in [-0.39, 0.29) is 5.78 Å². The Bertz CT molecular complexity index is 637. The number of hydrogen-bond acceptors (Lipinski definition) is 3. The minimum Gasteiger partial charge on any atom is -0.486 e. The van der Waals surface area contributed by atoms with Crippen molar-refractivity contribution in [3.63, 3.8) is 0 Å². The largest absolute Gasteiger partial charge is 0.486 e. The van der Waals surface area contributed by atoms with E-state index >= 15 is 0 Å². The number of carbonyl (C=O) groups excluding carboxylic acids is 1. The van der Waals surface area contributed by atoms with E-state index in [1.165, 1.54) is 0 Å². The van der Waals surface area contributed by atoms with Crippen molar-refractivity contribution in [2.45, 2.75) is 0 Å². The molecule has 0 amide bonds. The first kappa shape index (κ1) is 12.1. The van der Waals surface area contributed by atoms with Crippen LogP contribution in [0.1, 0.15) is 15.9 Å². The fraction of sp³-hybridized carbons (Fsp3) is 0.133. The van der Waals surface area contributed by atoms with E-state index < -0.39 is 0 Å². The number of hydrogen-bond donors (Lipinski definition) is 0. The van der Waals surface area contributed by atoms with Crippen LogP contribution in [0.2, 0.25) is 5.02 Å². The highest BCUT2D eigenvalue weighted by molar-refractivity contribution is 6.31. The minimum absolute atomic E-state index is 0.0838. The number of ether oxygens (including phenoxy) is 2. The molecule has 0 atom stereocenters. The van der Waals surface area contributed by atoms with E-state index in [0.717, 1.165) is 0 Å². The normalized spacial score (nSPS) is 13.1. The standard InChI is InChI=1S/C15H11ClO3/c16-12-3-1-2-10(8-12)15(17)11-4-5-13-14(9-11)19-7-6-18-13/h1-5,8-9H,6-7H2. The lowest BCUT2D eigenvalue weighted by Crippen LogP contribution is -2.15. The van der Waals surface area contributed by atoms with Crippen LogP contribution >= 0.6 is 11.6 Å². The summed E-state index contributed by atoms with van der Waals surface area (Å²) in [7, 11) is 0. The second-order valence-corrected chi connectivity index (χ2v) is 4.63. The summed E-state index contributed by atoms with van der Waals surface area (Å²) < 4.78 is 10.9. The number of fused-ring (bicyclic) bond motifs is 1. The topological polar surface area (TPSA) is 35.5 Å². The summed E-state index contributed by atoms with van der Waals surface area (Å²) in [5, 5.41) is 0.545. The molecular weight excluding hydrogens is 264 g/mol. The van der Waals surface area contributed by atoms with E-state index in [1.807, 2.05) is 0 Å². The third-order valence-electron chi connectivity index (χ3n) is 2.89. The predicted octanol–water partition coefficient (Wildman–Crippen LogP) is 3.34. The van der Waals surface area contributed by atoms with Gasteiger partial charge in [-0.2, -0.15) is 0 Å². The summed E-state index contributed by atoms with van der Waals surface area (Å²) >= 11 is 5.89. The molecule has 2 aromatic carbocycles. The molecule has 1 aliphatic rings. The second-order valence-electron chi connectivity index (χ2n) is 4.20. The Labute approximate surface area is 115 Å². The lowest BCUT2D eigenvalue weighted by molar-refractivity contribution is 0.103. The van der Waals surface area contributed by atoms with E-state index in [9.17, 15) is 4.79 Å². The molecule has 0 unspecified atom stereocenters. The van der Waals surface area contributed by atoms with Crippen LogP contribution in [0.25, 0.3) is 0 Å². The molecule has 1 heterocycles. The van der Waals surface area contributed by atoms with Gasteiger partial charge in [-0.05, 0) is 30.3 Å². The van der Waals surface area contributed by atoms with Crippen LogP contribution < -0.4 is 9.47 Å². The van der Waals surface area contributed by atoms with Crippen LogP contribution in [0, 0.1) is 0 Å². The Morgan fingerprint density at radius 3 is 2.47 bits per heavy atom. The molecule has 96 valence electrons. The van der Waals surface area contributed by atoms with Crippen LogP contribution in [-0.2, 0) is 0 Å². The van der Waals surface area contributed by atoms with Crippen molar-refractivity contribution in [1.29, 1.82) is 0 Å². The minimum atomic E-state index is -0.0838. The average molecular weight is 275 g/mol. The molecule has 0 saturated carbocycles. The maximum absolute atomic E-state index is 12.3. The zero-order valence-electron chi connectivity index (χ0n) is 10.1. The summed E-state index contributed by atoms with van der Waals surface area (Å²) in [6.45, 7) is 1.04. The lowest BCUT2D eigenvalue weighted by Gasteiger charge is -2.18. The summed E-state index contributed by atoms with van der Waals surface area (Å²) in [5.74, 6) is 1.20. The highest BCUT2D eigenvalue weighted by Crippen LogP contribution is 2.31. The molecule has 19 heavy (non-hydrogen) atoms. The number of halogens is 1. The SMILES string of the molecule is O=C(c1cccc(Cl)c1)c1ccc2c(c1)OCCO2. The first-order chi connectivity index (χ1) is 9.24. The maximum atomic E-state index is 12.3. The molecule has 0 fully saturated rings. The van der Waals surface area contributed by atoms with Gasteiger partial charge in [0, 0.05) is 16.1 Å². The summed E-state index contributed by atoms with van der Waals surface area (Å²) in [4.78, 5) is 12.3. The van der Waals surface area contributed by atoms with Crippen molar-refractivity contribution >= 4 is 17.4 Å². The number of carbonyl (C=O) groups is 1. The summed E-state index contributed by atoms with van der Waals surface area (Å²) in [6.07, 6.45) is 0. The Balaban J connectivity index is 1.96. The fourth-order valence-electron chi connectivity index (χ4n) is 1.98. The van der Waals surface area contributed by atoms with Gasteiger partial charge in [0.05, 0.1) is 0 Å². The molecule has 0 aromatic heterocycles. The van der Waals surface area contributed by atoms with E-state index in [0.29, 0.717) is 40.9 Å². The molecular formula is C15H11ClO3. The molecule has 0 saturated heterocycles. The molecule has 0 aliphatic carbocycles. The van der Waals surface area contributed by atoms with Crippen LogP contribution in [0.5, 0.6) is 11.5 Å². The van der Waals surface area contributed by atoms with Gasteiger partial charge < -0.3 is 9.47 Å². The van der Waals surface area contributed by atoms with E-state index in [1.54, 1.807) is 42.5 Å². The van der Waals surface area contributed by atoms with Gasteiger partial charge in [-0.25, -0.2) is 0 Å². The van der Waals surface area contributed by atoms with Gasteiger partial charge in [0.1, 0.15) is 13.2 Å².